The third-order valence-corrected chi connectivity index (χ3v) is 12.3. The summed E-state index contributed by atoms with van der Waals surface area (Å²) in [6, 6.07) is 36.6. The zero-order valence-electron chi connectivity index (χ0n) is 32.5. The minimum atomic E-state index is 0.426. The molecule has 0 bridgehead atoms. The first-order valence-electron chi connectivity index (χ1n) is 19.9. The highest BCUT2D eigenvalue weighted by molar-refractivity contribution is 5.35. The number of hydrogen-bond acceptors (Lipinski definition) is 8. The average molecular weight is 729 g/mol. The van der Waals surface area contributed by atoms with Gasteiger partial charge >= 0.3 is 0 Å². The Balaban J connectivity index is 1.31. The number of hydrogen-bond donors (Lipinski definition) is 0. The van der Waals surface area contributed by atoms with Crippen LogP contribution in [-0.2, 0) is 26.2 Å². The number of benzene rings is 4. The second-order valence-electron chi connectivity index (χ2n) is 15.4. The average Bonchev–Trinajstić information content (AvgIpc) is 3.69. The molecule has 8 nitrogen and oxygen atoms in total. The van der Waals surface area contributed by atoms with Crippen molar-refractivity contribution in [3.63, 3.8) is 0 Å². The summed E-state index contributed by atoms with van der Waals surface area (Å²) >= 11 is 0. The topological polar surface area (TPSA) is 49.9 Å². The molecule has 4 aromatic rings. The SMILES string of the molecule is COc1ccc(CN2C(=C3N(Cc4ccc(OC)cc4)[C@H]4CCCC[C@@H]4N3Cc3ccc(OC)cc3)N(Cc3ccc(OC)cc3)[C@@H]3CCCC[C@H]32)cc1. The van der Waals surface area contributed by atoms with Crippen LogP contribution in [0, 0.1) is 0 Å². The maximum absolute atomic E-state index is 5.58. The van der Waals surface area contributed by atoms with Crippen LogP contribution in [0.3, 0.4) is 0 Å². The zero-order valence-corrected chi connectivity index (χ0v) is 32.5. The lowest BCUT2D eigenvalue weighted by atomic mass is 9.90. The van der Waals surface area contributed by atoms with E-state index in [2.05, 4.69) is 117 Å². The Morgan fingerprint density at radius 1 is 0.352 bits per heavy atom. The largest absolute Gasteiger partial charge is 0.497 e. The summed E-state index contributed by atoms with van der Waals surface area (Å²) in [5.74, 6) is 6.35. The van der Waals surface area contributed by atoms with Crippen molar-refractivity contribution in [1.29, 1.82) is 0 Å². The summed E-state index contributed by atoms with van der Waals surface area (Å²) in [5, 5.41) is 0. The molecule has 0 unspecified atom stereocenters. The van der Waals surface area contributed by atoms with Gasteiger partial charge in [-0.15, -0.1) is 0 Å². The predicted molar refractivity (Wildman–Crippen MR) is 213 cm³/mol. The van der Waals surface area contributed by atoms with Crippen LogP contribution in [0.5, 0.6) is 23.0 Å². The molecule has 2 heterocycles. The van der Waals surface area contributed by atoms with Crippen molar-refractivity contribution in [2.45, 2.75) is 102 Å². The van der Waals surface area contributed by atoms with Crippen molar-refractivity contribution >= 4 is 0 Å². The van der Waals surface area contributed by atoms with Gasteiger partial charge in [-0.1, -0.05) is 74.2 Å². The summed E-state index contributed by atoms with van der Waals surface area (Å²) in [6.07, 6.45) is 9.82. The van der Waals surface area contributed by atoms with Crippen LogP contribution in [0.4, 0.5) is 0 Å². The van der Waals surface area contributed by atoms with E-state index in [-0.39, 0.29) is 0 Å². The van der Waals surface area contributed by atoms with E-state index in [1.165, 1.54) is 85.3 Å². The minimum absolute atomic E-state index is 0.426. The van der Waals surface area contributed by atoms with E-state index in [0.29, 0.717) is 24.2 Å². The van der Waals surface area contributed by atoms with Crippen LogP contribution in [0.25, 0.3) is 0 Å². The Morgan fingerprint density at radius 3 is 0.741 bits per heavy atom. The number of nitrogens with zero attached hydrogens (tertiary/aromatic N) is 4. The summed E-state index contributed by atoms with van der Waals surface area (Å²) < 4.78 is 22.3. The second-order valence-corrected chi connectivity index (χ2v) is 15.4. The molecular weight excluding hydrogens is 673 g/mol. The first-order chi connectivity index (χ1) is 26.6. The fraction of sp³-hybridized carbons (Fsp3) is 0.435. The molecule has 8 heteroatoms. The molecule has 4 atom stereocenters. The molecule has 2 saturated carbocycles. The highest BCUT2D eigenvalue weighted by Gasteiger charge is 2.52. The maximum Gasteiger partial charge on any atom is 0.147 e. The third-order valence-electron chi connectivity index (χ3n) is 12.3. The molecule has 0 N–H and O–H groups in total. The summed E-state index contributed by atoms with van der Waals surface area (Å²) in [4.78, 5) is 11.2. The minimum Gasteiger partial charge on any atom is -0.497 e. The molecule has 0 amide bonds. The standard InChI is InChI=1S/C46H56N4O4/c1-51-37-21-13-33(14-22-37)29-47-41-9-5-6-10-42(41)48(30-34-15-23-38(52-2)24-16-34)45(47)46-49(31-35-17-25-39(53-3)26-18-35)43-11-7-8-12-44(43)50(46)32-36-19-27-40(54-4)28-20-36/h13-28,41-44H,5-12,29-32H2,1-4H3/t41-,42-,43+,44+. The van der Waals surface area contributed by atoms with Crippen LogP contribution in [0.15, 0.2) is 109 Å². The van der Waals surface area contributed by atoms with Gasteiger partial charge in [0.05, 0.1) is 52.6 Å². The van der Waals surface area contributed by atoms with Crippen LogP contribution in [0.2, 0.25) is 0 Å². The van der Waals surface area contributed by atoms with E-state index in [0.717, 1.165) is 49.2 Å². The molecule has 2 aliphatic carbocycles. The molecular formula is C46H56N4O4. The lowest BCUT2D eigenvalue weighted by Crippen LogP contribution is -2.39. The third kappa shape index (κ3) is 7.27. The van der Waals surface area contributed by atoms with Gasteiger partial charge < -0.3 is 38.5 Å². The van der Waals surface area contributed by atoms with Gasteiger partial charge in [-0.3, -0.25) is 0 Å². The van der Waals surface area contributed by atoms with Crippen molar-refractivity contribution in [2.75, 3.05) is 28.4 Å². The van der Waals surface area contributed by atoms with Crippen molar-refractivity contribution in [3.05, 3.63) is 131 Å². The van der Waals surface area contributed by atoms with Crippen LogP contribution in [0.1, 0.15) is 73.6 Å². The van der Waals surface area contributed by atoms with Gasteiger partial charge in [-0.05, 0) is 96.5 Å². The van der Waals surface area contributed by atoms with Gasteiger partial charge in [0.15, 0.2) is 0 Å². The number of rotatable bonds is 12. The Labute approximate surface area is 321 Å². The van der Waals surface area contributed by atoms with E-state index >= 15 is 0 Å². The highest BCUT2D eigenvalue weighted by atomic mass is 16.5. The summed E-state index contributed by atoms with van der Waals surface area (Å²) in [5.41, 5.74) is 5.23. The van der Waals surface area contributed by atoms with Gasteiger partial charge in [-0.25, -0.2) is 0 Å². The van der Waals surface area contributed by atoms with Gasteiger partial charge in [0, 0.05) is 26.2 Å². The van der Waals surface area contributed by atoms with Crippen LogP contribution < -0.4 is 18.9 Å². The smallest absolute Gasteiger partial charge is 0.147 e. The van der Waals surface area contributed by atoms with E-state index in [1.807, 2.05) is 0 Å². The summed E-state index contributed by atoms with van der Waals surface area (Å²) in [7, 11) is 6.98. The number of methoxy groups -OCH3 is 4. The normalized spacial score (nSPS) is 22.3. The number of fused-ring (bicyclic) bond motifs is 2. The zero-order chi connectivity index (χ0) is 37.0. The first kappa shape index (κ1) is 36.0. The Hall–Kier alpha value is -4.98. The molecule has 8 rings (SSSR count). The van der Waals surface area contributed by atoms with E-state index in [4.69, 9.17) is 18.9 Å². The van der Waals surface area contributed by atoms with E-state index < -0.39 is 0 Å². The predicted octanol–water partition coefficient (Wildman–Crippen LogP) is 8.81. The Bertz CT molecular complexity index is 1590. The van der Waals surface area contributed by atoms with Crippen LogP contribution >= 0.6 is 0 Å². The first-order valence-corrected chi connectivity index (χ1v) is 19.9. The van der Waals surface area contributed by atoms with Crippen molar-refractivity contribution in [1.82, 2.24) is 19.6 Å². The molecule has 2 aliphatic heterocycles. The van der Waals surface area contributed by atoms with Gasteiger partial charge in [-0.2, -0.15) is 0 Å². The molecule has 54 heavy (non-hydrogen) atoms. The van der Waals surface area contributed by atoms with E-state index in [1.54, 1.807) is 28.4 Å². The number of ether oxygens (including phenoxy) is 4. The van der Waals surface area contributed by atoms with Gasteiger partial charge in [0.25, 0.3) is 0 Å². The summed E-state index contributed by atoms with van der Waals surface area (Å²) in [6.45, 7) is 3.41. The molecule has 284 valence electrons. The fourth-order valence-corrected chi connectivity index (χ4v) is 9.59. The Morgan fingerprint density at radius 2 is 0.556 bits per heavy atom. The molecule has 0 aromatic heterocycles. The van der Waals surface area contributed by atoms with Crippen LogP contribution in [-0.4, -0.2) is 72.2 Å². The highest BCUT2D eigenvalue weighted by Crippen LogP contribution is 2.48. The second kappa shape index (κ2) is 16.2. The van der Waals surface area contributed by atoms with Gasteiger partial charge in [0.1, 0.15) is 34.6 Å². The van der Waals surface area contributed by atoms with E-state index in [9.17, 15) is 0 Å². The lowest BCUT2D eigenvalue weighted by Gasteiger charge is -2.36. The molecule has 0 radical (unpaired) electrons. The quantitative estimate of drug-likeness (QED) is 0.144. The maximum atomic E-state index is 5.58. The van der Waals surface area contributed by atoms with Gasteiger partial charge in [0.2, 0.25) is 0 Å². The Kier molecular flexibility index (Phi) is 10.8. The molecule has 4 aromatic carbocycles. The van der Waals surface area contributed by atoms with Crippen molar-refractivity contribution in [3.8, 4) is 23.0 Å². The fourth-order valence-electron chi connectivity index (χ4n) is 9.59. The van der Waals surface area contributed by atoms with Crippen molar-refractivity contribution < 1.29 is 18.9 Å². The molecule has 4 fully saturated rings. The monoisotopic (exact) mass is 728 g/mol. The van der Waals surface area contributed by atoms with Crippen molar-refractivity contribution in [2.24, 2.45) is 0 Å². The molecule has 2 saturated heterocycles. The lowest BCUT2D eigenvalue weighted by molar-refractivity contribution is 0.197. The molecule has 4 aliphatic rings. The molecule has 0 spiro atoms.